The third-order valence-corrected chi connectivity index (χ3v) is 6.72. The number of ether oxygens (including phenoxy) is 2. The second kappa shape index (κ2) is 12.5. The van der Waals surface area contributed by atoms with E-state index in [0.717, 1.165) is 25.7 Å². The van der Waals surface area contributed by atoms with Gasteiger partial charge in [0.25, 0.3) is 0 Å². The molecule has 1 aliphatic heterocycles. The van der Waals surface area contributed by atoms with Crippen LogP contribution in [-0.2, 0) is 15.9 Å². The summed E-state index contributed by atoms with van der Waals surface area (Å²) in [5.74, 6) is -3.69. The molecule has 3 aromatic rings. The van der Waals surface area contributed by atoms with Gasteiger partial charge in [-0.05, 0) is 36.5 Å². The monoisotopic (exact) mass is 512 g/mol. The number of hydrogen-bond donors (Lipinski definition) is 0. The summed E-state index contributed by atoms with van der Waals surface area (Å²) in [7, 11) is 0. The first-order chi connectivity index (χ1) is 17.9. The van der Waals surface area contributed by atoms with Gasteiger partial charge in [0, 0.05) is 22.6 Å². The number of hydrogen-bond acceptors (Lipinski definition) is 2. The van der Waals surface area contributed by atoms with Gasteiger partial charge in [-0.2, -0.15) is 0 Å². The summed E-state index contributed by atoms with van der Waals surface area (Å²) in [5.41, 5.74) is 1.43. The molecule has 6 heteroatoms. The van der Waals surface area contributed by atoms with Crippen molar-refractivity contribution in [1.82, 2.24) is 0 Å². The van der Waals surface area contributed by atoms with Gasteiger partial charge in [0.2, 0.25) is 0 Å². The molecule has 0 atom stereocenters. The van der Waals surface area contributed by atoms with E-state index in [0.29, 0.717) is 36.3 Å². The van der Waals surface area contributed by atoms with Crippen LogP contribution in [0.1, 0.15) is 56.9 Å². The molecule has 0 unspecified atom stereocenters. The molecule has 0 saturated carbocycles. The first-order valence-electron chi connectivity index (χ1n) is 12.9. The summed E-state index contributed by atoms with van der Waals surface area (Å²) in [6.07, 6.45) is 7.31. The van der Waals surface area contributed by atoms with Crippen LogP contribution in [0.25, 0.3) is 22.3 Å². The quantitative estimate of drug-likeness (QED) is 0.162. The molecular formula is C31H32F4O2. The van der Waals surface area contributed by atoms with Crippen molar-refractivity contribution in [3.8, 4) is 22.3 Å². The van der Waals surface area contributed by atoms with Gasteiger partial charge in [-0.15, -0.1) is 0 Å². The Balaban J connectivity index is 1.50. The SMILES string of the molecule is CC=CC1COC(c2ccc(-c3ccc(-c4ccc(CCCCCC)c(F)c4F)cc3)c(F)c2F)OC1. The van der Waals surface area contributed by atoms with E-state index >= 15 is 4.39 Å². The van der Waals surface area contributed by atoms with E-state index in [1.54, 1.807) is 36.4 Å². The molecule has 3 aromatic carbocycles. The molecule has 0 spiro atoms. The van der Waals surface area contributed by atoms with E-state index in [2.05, 4.69) is 6.92 Å². The molecule has 1 saturated heterocycles. The van der Waals surface area contributed by atoms with Gasteiger partial charge in [-0.1, -0.05) is 86.9 Å². The molecule has 4 rings (SSSR count). The fourth-order valence-electron chi connectivity index (χ4n) is 4.63. The third kappa shape index (κ3) is 6.13. The molecule has 1 aliphatic rings. The van der Waals surface area contributed by atoms with Gasteiger partial charge in [0.1, 0.15) is 0 Å². The Morgan fingerprint density at radius 1 is 0.730 bits per heavy atom. The molecule has 2 nitrogen and oxygen atoms in total. The van der Waals surface area contributed by atoms with Crippen molar-refractivity contribution >= 4 is 0 Å². The molecule has 0 amide bonds. The predicted molar refractivity (Wildman–Crippen MR) is 138 cm³/mol. The molecule has 0 aliphatic carbocycles. The van der Waals surface area contributed by atoms with E-state index < -0.39 is 29.6 Å². The second-order valence-corrected chi connectivity index (χ2v) is 9.40. The molecule has 0 aromatic heterocycles. The zero-order chi connectivity index (χ0) is 26.4. The van der Waals surface area contributed by atoms with Crippen LogP contribution >= 0.6 is 0 Å². The fraction of sp³-hybridized carbons (Fsp3) is 0.355. The molecule has 37 heavy (non-hydrogen) atoms. The van der Waals surface area contributed by atoms with Crippen molar-refractivity contribution in [3.05, 3.63) is 95.1 Å². The van der Waals surface area contributed by atoms with Crippen molar-refractivity contribution in [1.29, 1.82) is 0 Å². The highest BCUT2D eigenvalue weighted by molar-refractivity contribution is 5.71. The van der Waals surface area contributed by atoms with Gasteiger partial charge in [0.15, 0.2) is 29.6 Å². The summed E-state index contributed by atoms with van der Waals surface area (Å²) in [6.45, 7) is 4.71. The molecule has 0 N–H and O–H groups in total. The topological polar surface area (TPSA) is 18.5 Å². The Bertz CT molecular complexity index is 1230. The van der Waals surface area contributed by atoms with Gasteiger partial charge in [0.05, 0.1) is 13.2 Å². The highest BCUT2D eigenvalue weighted by Gasteiger charge is 2.27. The average molecular weight is 513 g/mol. The first kappa shape index (κ1) is 27.1. The minimum absolute atomic E-state index is 0.00382. The van der Waals surface area contributed by atoms with Crippen LogP contribution in [0.4, 0.5) is 17.6 Å². The number of allylic oxidation sites excluding steroid dienone is 1. The average Bonchev–Trinajstić information content (AvgIpc) is 2.91. The van der Waals surface area contributed by atoms with Crippen LogP contribution < -0.4 is 0 Å². The number of halogens is 4. The van der Waals surface area contributed by atoms with Crippen LogP contribution in [0.2, 0.25) is 0 Å². The smallest absolute Gasteiger partial charge is 0.186 e. The van der Waals surface area contributed by atoms with Crippen LogP contribution in [0.5, 0.6) is 0 Å². The van der Waals surface area contributed by atoms with Gasteiger partial charge < -0.3 is 9.47 Å². The van der Waals surface area contributed by atoms with Crippen LogP contribution in [0.3, 0.4) is 0 Å². The van der Waals surface area contributed by atoms with E-state index in [1.807, 2.05) is 19.1 Å². The largest absolute Gasteiger partial charge is 0.348 e. The van der Waals surface area contributed by atoms with Crippen LogP contribution in [0, 0.1) is 29.2 Å². The number of aryl methyl sites for hydroxylation is 1. The molecule has 0 bridgehead atoms. The van der Waals surface area contributed by atoms with Crippen molar-refractivity contribution in [3.63, 3.8) is 0 Å². The maximum atomic E-state index is 15.0. The predicted octanol–water partition coefficient (Wildman–Crippen LogP) is 8.94. The Labute approximate surface area is 215 Å². The highest BCUT2D eigenvalue weighted by Crippen LogP contribution is 2.34. The minimum atomic E-state index is -1.03. The van der Waals surface area contributed by atoms with Crippen molar-refractivity contribution < 1.29 is 27.0 Å². The summed E-state index contributed by atoms with van der Waals surface area (Å²) >= 11 is 0. The molecule has 1 heterocycles. The van der Waals surface area contributed by atoms with Crippen molar-refractivity contribution in [2.24, 2.45) is 5.92 Å². The van der Waals surface area contributed by atoms with Gasteiger partial charge in [-0.25, -0.2) is 17.6 Å². The van der Waals surface area contributed by atoms with E-state index in [1.165, 1.54) is 12.1 Å². The zero-order valence-corrected chi connectivity index (χ0v) is 21.2. The van der Waals surface area contributed by atoms with Crippen molar-refractivity contribution in [2.45, 2.75) is 52.2 Å². The van der Waals surface area contributed by atoms with Crippen LogP contribution in [0.15, 0.2) is 60.7 Å². The standard InChI is InChI=1S/C31H32F4O2/c1-3-5-6-7-9-23-14-15-24(28(33)27(23)32)21-10-12-22(13-11-21)25-16-17-26(30(35)29(25)34)31-36-18-20(8-4-2)19-37-31/h4,8,10-17,20,31H,3,5-7,9,18-19H2,1-2H3. The lowest BCUT2D eigenvalue weighted by Gasteiger charge is -2.28. The maximum absolute atomic E-state index is 15.0. The van der Waals surface area contributed by atoms with E-state index in [4.69, 9.17) is 9.47 Å². The third-order valence-electron chi connectivity index (χ3n) is 6.72. The molecule has 196 valence electrons. The Hall–Kier alpha value is -2.96. The first-order valence-corrected chi connectivity index (χ1v) is 12.9. The number of rotatable bonds is 9. The van der Waals surface area contributed by atoms with Crippen LogP contribution in [-0.4, -0.2) is 13.2 Å². The molecule has 1 fully saturated rings. The Morgan fingerprint density at radius 2 is 1.32 bits per heavy atom. The van der Waals surface area contributed by atoms with Crippen molar-refractivity contribution in [2.75, 3.05) is 13.2 Å². The lowest BCUT2D eigenvalue weighted by Crippen LogP contribution is -2.26. The minimum Gasteiger partial charge on any atom is -0.348 e. The normalized spacial score (nSPS) is 18.0. The number of unbranched alkanes of at least 4 members (excludes halogenated alkanes) is 3. The summed E-state index contributed by atoms with van der Waals surface area (Å²) < 4.78 is 70.7. The second-order valence-electron chi connectivity index (χ2n) is 9.40. The molecular weight excluding hydrogens is 480 g/mol. The Morgan fingerprint density at radius 3 is 1.92 bits per heavy atom. The Kier molecular flexibility index (Phi) is 9.17. The maximum Gasteiger partial charge on any atom is 0.186 e. The highest BCUT2D eigenvalue weighted by atomic mass is 19.2. The summed E-state index contributed by atoms with van der Waals surface area (Å²) in [4.78, 5) is 0. The summed E-state index contributed by atoms with van der Waals surface area (Å²) in [6, 6.07) is 12.4. The lowest BCUT2D eigenvalue weighted by atomic mass is 9.96. The number of benzene rings is 3. The summed E-state index contributed by atoms with van der Waals surface area (Å²) in [5, 5.41) is 0. The van der Waals surface area contributed by atoms with Gasteiger partial charge >= 0.3 is 0 Å². The van der Waals surface area contributed by atoms with E-state index in [-0.39, 0.29) is 22.6 Å². The van der Waals surface area contributed by atoms with Gasteiger partial charge in [-0.3, -0.25) is 0 Å². The zero-order valence-electron chi connectivity index (χ0n) is 21.2. The van der Waals surface area contributed by atoms with E-state index in [9.17, 15) is 13.2 Å². The lowest BCUT2D eigenvalue weighted by molar-refractivity contribution is -0.199. The molecule has 0 radical (unpaired) electrons. The fourth-order valence-corrected chi connectivity index (χ4v) is 4.63.